The molecule has 0 aliphatic heterocycles. The summed E-state index contributed by atoms with van der Waals surface area (Å²) in [6.07, 6.45) is 0.174. The van der Waals surface area contributed by atoms with Gasteiger partial charge in [-0.2, -0.15) is 0 Å². The lowest BCUT2D eigenvalue weighted by molar-refractivity contribution is -0.140. The highest BCUT2D eigenvalue weighted by Gasteiger charge is 2.36. The van der Waals surface area contributed by atoms with Crippen LogP contribution in [0.2, 0.25) is 0 Å². The summed E-state index contributed by atoms with van der Waals surface area (Å²) in [4.78, 5) is 29.6. The van der Waals surface area contributed by atoms with Gasteiger partial charge in [-0.3, -0.25) is 13.9 Å². The molecule has 0 spiro atoms. The Balaban J connectivity index is 1.82. The van der Waals surface area contributed by atoms with Crippen molar-refractivity contribution in [2.24, 2.45) is 0 Å². The van der Waals surface area contributed by atoms with Gasteiger partial charge in [-0.1, -0.05) is 88.7 Å². The number of hydrogen-bond acceptors (Lipinski definition) is 4. The van der Waals surface area contributed by atoms with E-state index in [-0.39, 0.29) is 23.5 Å². The number of amides is 2. The van der Waals surface area contributed by atoms with Crippen LogP contribution in [0, 0.1) is 5.82 Å². The van der Waals surface area contributed by atoms with E-state index in [1.165, 1.54) is 35.2 Å². The molecule has 0 radical (unpaired) electrons. The van der Waals surface area contributed by atoms with Gasteiger partial charge in [-0.05, 0) is 68.3 Å². The smallest absolute Gasteiger partial charge is 0.264 e. The number of sulfonamides is 1. The van der Waals surface area contributed by atoms with Crippen LogP contribution in [-0.4, -0.2) is 43.3 Å². The largest absolute Gasteiger partial charge is 0.350 e. The minimum atomic E-state index is -4.38. The predicted octanol–water partition coefficient (Wildman–Crippen LogP) is 6.34. The van der Waals surface area contributed by atoms with E-state index >= 15 is 4.39 Å². The molecule has 0 aromatic heterocycles. The highest BCUT2D eigenvalue weighted by molar-refractivity contribution is 9.10. The van der Waals surface area contributed by atoms with E-state index in [1.54, 1.807) is 18.2 Å². The molecule has 4 aromatic rings. The maximum atomic E-state index is 15.2. The van der Waals surface area contributed by atoms with Crippen LogP contribution in [0.4, 0.5) is 10.1 Å². The van der Waals surface area contributed by atoms with E-state index in [0.717, 1.165) is 26.0 Å². The Morgan fingerprint density at radius 3 is 2.05 bits per heavy atom. The van der Waals surface area contributed by atoms with E-state index in [0.29, 0.717) is 0 Å². The zero-order chi connectivity index (χ0) is 31.9. The molecule has 0 saturated carbocycles. The Bertz CT molecular complexity index is 1700. The molecular formula is C34H35BrFN3O4S. The Morgan fingerprint density at radius 2 is 1.43 bits per heavy atom. The summed E-state index contributed by atoms with van der Waals surface area (Å²) in [6.45, 7) is 4.80. The average Bonchev–Trinajstić information content (AvgIpc) is 2.98. The number of nitrogens with one attached hydrogen (secondary N) is 1. The molecule has 0 unspecified atom stereocenters. The maximum absolute atomic E-state index is 15.2. The second-order valence-corrected chi connectivity index (χ2v) is 14.2. The van der Waals surface area contributed by atoms with Crippen molar-refractivity contribution in [3.05, 3.63) is 131 Å². The summed E-state index contributed by atoms with van der Waals surface area (Å²) < 4.78 is 44.6. The number of carbonyl (C=O) groups excluding carboxylic acids is 2. The van der Waals surface area contributed by atoms with Gasteiger partial charge in [-0.25, -0.2) is 12.8 Å². The summed E-state index contributed by atoms with van der Waals surface area (Å²) in [5.74, 6) is -1.87. The molecule has 7 nitrogen and oxygen atoms in total. The first-order valence-corrected chi connectivity index (χ1v) is 16.3. The van der Waals surface area contributed by atoms with Gasteiger partial charge in [0.25, 0.3) is 10.0 Å². The Morgan fingerprint density at radius 1 is 0.841 bits per heavy atom. The van der Waals surface area contributed by atoms with Crippen molar-refractivity contribution >= 4 is 43.5 Å². The third-order valence-electron chi connectivity index (χ3n) is 6.74. The van der Waals surface area contributed by atoms with E-state index in [4.69, 9.17) is 0 Å². The van der Waals surface area contributed by atoms with Gasteiger partial charge in [0.1, 0.15) is 18.4 Å². The molecule has 0 heterocycles. The fourth-order valence-corrected chi connectivity index (χ4v) is 6.62. The molecule has 0 aliphatic rings. The van der Waals surface area contributed by atoms with Crippen molar-refractivity contribution in [3.63, 3.8) is 0 Å². The molecule has 10 heteroatoms. The molecule has 0 aliphatic carbocycles. The average molecular weight is 681 g/mol. The first kappa shape index (κ1) is 32.9. The lowest BCUT2D eigenvalue weighted by Crippen LogP contribution is -2.56. The Labute approximate surface area is 266 Å². The number of rotatable bonds is 11. The monoisotopic (exact) mass is 679 g/mol. The van der Waals surface area contributed by atoms with Crippen molar-refractivity contribution in [2.45, 2.75) is 50.2 Å². The summed E-state index contributed by atoms with van der Waals surface area (Å²) in [5, 5.41) is 2.99. The Kier molecular flexibility index (Phi) is 10.6. The maximum Gasteiger partial charge on any atom is 0.264 e. The summed E-state index contributed by atoms with van der Waals surface area (Å²) in [7, 11) is -4.38. The van der Waals surface area contributed by atoms with Gasteiger partial charge in [0.05, 0.1) is 10.6 Å². The number of halogens is 2. The van der Waals surface area contributed by atoms with Gasteiger partial charge < -0.3 is 10.2 Å². The van der Waals surface area contributed by atoms with Gasteiger partial charge in [0.15, 0.2) is 0 Å². The fourth-order valence-electron chi connectivity index (χ4n) is 4.73. The van der Waals surface area contributed by atoms with Crippen LogP contribution < -0.4 is 9.62 Å². The molecule has 230 valence electrons. The van der Waals surface area contributed by atoms with Crippen molar-refractivity contribution in [1.29, 1.82) is 0 Å². The van der Waals surface area contributed by atoms with Gasteiger partial charge in [0, 0.05) is 23.0 Å². The normalized spacial score (nSPS) is 12.3. The third-order valence-corrected chi connectivity index (χ3v) is 9.01. The van der Waals surface area contributed by atoms with E-state index in [2.05, 4.69) is 21.2 Å². The Hall–Kier alpha value is -4.02. The van der Waals surface area contributed by atoms with Crippen LogP contribution in [0.5, 0.6) is 0 Å². The minimum Gasteiger partial charge on any atom is -0.350 e. The van der Waals surface area contributed by atoms with Crippen LogP contribution in [0.15, 0.2) is 119 Å². The van der Waals surface area contributed by atoms with Gasteiger partial charge in [-0.15, -0.1) is 0 Å². The lowest BCUT2D eigenvalue weighted by atomic mass is 10.0. The molecule has 44 heavy (non-hydrogen) atoms. The van der Waals surface area contributed by atoms with Crippen LogP contribution in [0.1, 0.15) is 31.9 Å². The highest BCUT2D eigenvalue weighted by atomic mass is 79.9. The van der Waals surface area contributed by atoms with Crippen molar-refractivity contribution in [2.75, 3.05) is 10.8 Å². The summed E-state index contributed by atoms with van der Waals surface area (Å²) >= 11 is 3.47. The molecule has 1 N–H and O–H groups in total. The van der Waals surface area contributed by atoms with Crippen molar-refractivity contribution in [3.8, 4) is 0 Å². The first-order chi connectivity index (χ1) is 20.8. The summed E-state index contributed by atoms with van der Waals surface area (Å²) in [6, 6.07) is 28.6. The van der Waals surface area contributed by atoms with Crippen molar-refractivity contribution < 1.29 is 22.4 Å². The molecule has 0 fully saturated rings. The summed E-state index contributed by atoms with van der Waals surface area (Å²) in [5.41, 5.74) is 0.659. The third kappa shape index (κ3) is 8.54. The van der Waals surface area contributed by atoms with Gasteiger partial charge in [0.2, 0.25) is 11.8 Å². The lowest BCUT2D eigenvalue weighted by Gasteiger charge is -2.35. The highest BCUT2D eigenvalue weighted by Crippen LogP contribution is 2.27. The zero-order valence-electron chi connectivity index (χ0n) is 24.8. The van der Waals surface area contributed by atoms with E-state index in [1.807, 2.05) is 75.4 Å². The van der Waals surface area contributed by atoms with Crippen LogP contribution in [0.25, 0.3) is 0 Å². The standard InChI is InChI=1S/C34H35BrFN3O4S/c1-34(2,3)37-33(41)31(22-25-13-6-4-7-14-25)38(23-26-15-12-16-27(35)21-26)32(40)24-39(30-20-11-10-19-29(30)36)44(42,43)28-17-8-5-9-18-28/h4-21,31H,22-24H2,1-3H3,(H,37,41)/t31-/m1/s1. The molecule has 0 bridgehead atoms. The van der Waals surface area contributed by atoms with E-state index < -0.39 is 45.8 Å². The number of carbonyl (C=O) groups is 2. The second kappa shape index (κ2) is 14.2. The number of nitrogens with zero attached hydrogens (tertiary/aromatic N) is 2. The van der Waals surface area contributed by atoms with Crippen LogP contribution in [0.3, 0.4) is 0 Å². The van der Waals surface area contributed by atoms with Crippen molar-refractivity contribution in [1.82, 2.24) is 10.2 Å². The zero-order valence-corrected chi connectivity index (χ0v) is 27.2. The molecule has 4 rings (SSSR count). The number of benzene rings is 4. The quantitative estimate of drug-likeness (QED) is 0.201. The molecule has 4 aromatic carbocycles. The SMILES string of the molecule is CC(C)(C)NC(=O)[C@@H](Cc1ccccc1)N(Cc1cccc(Br)c1)C(=O)CN(c1ccccc1F)S(=O)(=O)c1ccccc1. The van der Waals surface area contributed by atoms with E-state index in [9.17, 15) is 18.0 Å². The fraction of sp³-hybridized carbons (Fsp3) is 0.235. The predicted molar refractivity (Wildman–Crippen MR) is 174 cm³/mol. The first-order valence-electron chi connectivity index (χ1n) is 14.1. The van der Waals surface area contributed by atoms with Crippen LogP contribution >= 0.6 is 15.9 Å². The number of anilines is 1. The molecule has 1 atom stereocenters. The number of hydrogen-bond donors (Lipinski definition) is 1. The minimum absolute atomic E-state index is 0.00380. The molecule has 0 saturated heterocycles. The molecular weight excluding hydrogens is 645 g/mol. The molecule has 2 amide bonds. The number of para-hydroxylation sites is 1. The van der Waals surface area contributed by atoms with Gasteiger partial charge >= 0.3 is 0 Å². The topological polar surface area (TPSA) is 86.8 Å². The van der Waals surface area contributed by atoms with Crippen LogP contribution in [-0.2, 0) is 32.6 Å². The second-order valence-electron chi connectivity index (χ2n) is 11.4.